The van der Waals surface area contributed by atoms with Gasteiger partial charge in [-0.3, -0.25) is 4.79 Å². The first-order chi connectivity index (χ1) is 7.19. The highest BCUT2D eigenvalue weighted by molar-refractivity contribution is 7.99. The van der Waals surface area contributed by atoms with Crippen molar-refractivity contribution in [3.8, 4) is 0 Å². The number of nitrogens with one attached hydrogen (secondary N) is 1. The molecular weight excluding hydrogens is 210 g/mol. The molecule has 0 aliphatic rings. The number of thioether (sulfide) groups is 1. The molecule has 1 atom stereocenters. The molecule has 1 unspecified atom stereocenters. The van der Waals surface area contributed by atoms with Gasteiger partial charge >= 0.3 is 5.97 Å². The molecule has 0 rings (SSSR count). The Morgan fingerprint density at radius 1 is 1.33 bits per heavy atom. The van der Waals surface area contributed by atoms with E-state index in [4.69, 9.17) is 4.74 Å². The van der Waals surface area contributed by atoms with Crippen molar-refractivity contribution in [2.24, 2.45) is 5.92 Å². The van der Waals surface area contributed by atoms with Crippen molar-refractivity contribution in [2.75, 3.05) is 25.7 Å². The summed E-state index contributed by atoms with van der Waals surface area (Å²) < 4.78 is 4.70. The molecule has 0 radical (unpaired) electrons. The minimum absolute atomic E-state index is 0.172. The van der Waals surface area contributed by atoms with Gasteiger partial charge < -0.3 is 10.1 Å². The van der Waals surface area contributed by atoms with Crippen LogP contribution < -0.4 is 5.32 Å². The minimum atomic E-state index is -0.172. The number of esters is 1. The highest BCUT2D eigenvalue weighted by Crippen LogP contribution is 2.16. The molecule has 15 heavy (non-hydrogen) atoms. The van der Waals surface area contributed by atoms with E-state index in [0.29, 0.717) is 0 Å². The van der Waals surface area contributed by atoms with Crippen molar-refractivity contribution in [1.82, 2.24) is 5.32 Å². The van der Waals surface area contributed by atoms with Gasteiger partial charge in [0.05, 0.1) is 7.11 Å². The summed E-state index contributed by atoms with van der Waals surface area (Å²) in [6.45, 7) is 4.43. The fraction of sp³-hybridized carbons (Fsp3) is 0.909. The van der Waals surface area contributed by atoms with Crippen LogP contribution in [0.5, 0.6) is 0 Å². The van der Waals surface area contributed by atoms with E-state index in [0.717, 1.165) is 17.4 Å². The number of ether oxygens (including phenoxy) is 1. The van der Waals surface area contributed by atoms with Gasteiger partial charge in [0.15, 0.2) is 0 Å². The van der Waals surface area contributed by atoms with Crippen LogP contribution in [-0.4, -0.2) is 37.7 Å². The van der Waals surface area contributed by atoms with E-state index in [-0.39, 0.29) is 12.0 Å². The van der Waals surface area contributed by atoms with Crippen molar-refractivity contribution in [3.63, 3.8) is 0 Å². The molecule has 0 saturated heterocycles. The van der Waals surface area contributed by atoms with Crippen LogP contribution in [0, 0.1) is 5.92 Å². The summed E-state index contributed by atoms with van der Waals surface area (Å²) in [5.74, 6) is 2.52. The van der Waals surface area contributed by atoms with Gasteiger partial charge in [-0.05, 0) is 18.7 Å². The average molecular weight is 233 g/mol. The van der Waals surface area contributed by atoms with Crippen molar-refractivity contribution in [1.29, 1.82) is 0 Å². The van der Waals surface area contributed by atoms with Crippen molar-refractivity contribution < 1.29 is 9.53 Å². The normalized spacial score (nSPS) is 12.9. The molecule has 0 aliphatic heterocycles. The average Bonchev–Trinajstić information content (AvgIpc) is 2.28. The molecule has 0 bridgehead atoms. The van der Waals surface area contributed by atoms with E-state index >= 15 is 0 Å². The van der Waals surface area contributed by atoms with E-state index in [9.17, 15) is 4.79 Å². The van der Waals surface area contributed by atoms with Gasteiger partial charge in [-0.2, -0.15) is 11.8 Å². The Morgan fingerprint density at radius 2 is 1.93 bits per heavy atom. The summed E-state index contributed by atoms with van der Waals surface area (Å²) in [6, 6.07) is -0.172. The van der Waals surface area contributed by atoms with Crippen LogP contribution in [0.3, 0.4) is 0 Å². The quantitative estimate of drug-likeness (QED) is 0.650. The first-order valence-electron chi connectivity index (χ1n) is 5.52. The molecule has 3 nitrogen and oxygen atoms in total. The zero-order valence-electron chi connectivity index (χ0n) is 10.2. The number of rotatable bonds is 8. The summed E-state index contributed by atoms with van der Waals surface area (Å²) in [7, 11) is 3.22. The van der Waals surface area contributed by atoms with Crippen LogP contribution in [0.25, 0.3) is 0 Å². The first kappa shape index (κ1) is 14.8. The van der Waals surface area contributed by atoms with E-state index < -0.39 is 0 Å². The predicted molar refractivity (Wildman–Crippen MR) is 66.3 cm³/mol. The van der Waals surface area contributed by atoms with Crippen molar-refractivity contribution >= 4 is 17.7 Å². The van der Waals surface area contributed by atoms with E-state index in [1.165, 1.54) is 20.0 Å². The summed E-state index contributed by atoms with van der Waals surface area (Å²) >= 11 is 1.82. The molecule has 0 saturated carbocycles. The number of hydrogen-bond acceptors (Lipinski definition) is 4. The lowest BCUT2D eigenvalue weighted by atomic mass is 10.1. The number of carbonyl (C=O) groups excluding carboxylic acids is 1. The molecule has 0 heterocycles. The summed E-state index contributed by atoms with van der Waals surface area (Å²) in [5.41, 5.74) is 0. The van der Waals surface area contributed by atoms with Gasteiger partial charge in [-0.15, -0.1) is 0 Å². The minimum Gasteiger partial charge on any atom is -0.468 e. The van der Waals surface area contributed by atoms with Gasteiger partial charge in [-0.25, -0.2) is 0 Å². The standard InChI is InChI=1S/C11H23NO2S/c1-5-9(6-2)7-15-8-10(12-3)11(13)14-4/h9-10,12H,5-8H2,1-4H3. The zero-order valence-corrected chi connectivity index (χ0v) is 11.0. The molecule has 0 aromatic carbocycles. The third-order valence-electron chi connectivity index (χ3n) is 2.63. The third-order valence-corrected chi connectivity index (χ3v) is 3.90. The Hall–Kier alpha value is -0.220. The molecule has 90 valence electrons. The largest absolute Gasteiger partial charge is 0.468 e. The van der Waals surface area contributed by atoms with Crippen LogP contribution in [0.2, 0.25) is 0 Å². The van der Waals surface area contributed by atoms with E-state index in [1.54, 1.807) is 7.05 Å². The smallest absolute Gasteiger partial charge is 0.323 e. The second-order valence-corrected chi connectivity index (χ2v) is 4.66. The fourth-order valence-corrected chi connectivity index (χ4v) is 2.77. The lowest BCUT2D eigenvalue weighted by Gasteiger charge is -2.15. The Morgan fingerprint density at radius 3 is 2.33 bits per heavy atom. The lowest BCUT2D eigenvalue weighted by Crippen LogP contribution is -2.37. The van der Waals surface area contributed by atoms with Gasteiger partial charge in [0, 0.05) is 5.75 Å². The highest BCUT2D eigenvalue weighted by atomic mass is 32.2. The fourth-order valence-electron chi connectivity index (χ4n) is 1.29. The number of methoxy groups -OCH3 is 1. The summed E-state index contributed by atoms with van der Waals surface area (Å²) in [5, 5.41) is 2.97. The van der Waals surface area contributed by atoms with Gasteiger partial charge in [0.1, 0.15) is 6.04 Å². The molecule has 0 fully saturated rings. The third kappa shape index (κ3) is 6.05. The Kier molecular flexibility index (Phi) is 8.91. The van der Waals surface area contributed by atoms with E-state index in [1.807, 2.05) is 11.8 Å². The van der Waals surface area contributed by atoms with Crippen LogP contribution in [0.15, 0.2) is 0 Å². The van der Waals surface area contributed by atoms with Gasteiger partial charge in [-0.1, -0.05) is 26.7 Å². The predicted octanol–water partition coefficient (Wildman–Crippen LogP) is 1.92. The van der Waals surface area contributed by atoms with E-state index in [2.05, 4.69) is 19.2 Å². The maximum absolute atomic E-state index is 11.3. The Balaban J connectivity index is 3.76. The molecule has 0 spiro atoms. The van der Waals surface area contributed by atoms with Gasteiger partial charge in [0.2, 0.25) is 0 Å². The molecule has 0 aromatic heterocycles. The van der Waals surface area contributed by atoms with Crippen LogP contribution >= 0.6 is 11.8 Å². The summed E-state index contributed by atoms with van der Waals surface area (Å²) in [6.07, 6.45) is 2.43. The van der Waals surface area contributed by atoms with Crippen molar-refractivity contribution in [2.45, 2.75) is 32.7 Å². The lowest BCUT2D eigenvalue weighted by molar-refractivity contribution is -0.142. The van der Waals surface area contributed by atoms with Crippen LogP contribution in [0.4, 0.5) is 0 Å². The maximum atomic E-state index is 11.3. The molecule has 0 amide bonds. The number of likely N-dealkylation sites (N-methyl/N-ethyl adjacent to an activating group) is 1. The summed E-state index contributed by atoms with van der Waals surface area (Å²) in [4.78, 5) is 11.3. The second-order valence-electron chi connectivity index (χ2n) is 3.58. The SMILES string of the molecule is CCC(CC)CSCC(NC)C(=O)OC. The van der Waals surface area contributed by atoms with Gasteiger partial charge in [0.25, 0.3) is 0 Å². The molecule has 0 aromatic rings. The molecular formula is C11H23NO2S. The second kappa shape index (κ2) is 9.04. The van der Waals surface area contributed by atoms with Crippen molar-refractivity contribution in [3.05, 3.63) is 0 Å². The van der Waals surface area contributed by atoms with Crippen LogP contribution in [0.1, 0.15) is 26.7 Å². The number of hydrogen-bond donors (Lipinski definition) is 1. The monoisotopic (exact) mass is 233 g/mol. The molecule has 4 heteroatoms. The highest BCUT2D eigenvalue weighted by Gasteiger charge is 2.16. The number of carbonyl (C=O) groups is 1. The zero-order chi connectivity index (χ0) is 11.7. The Bertz CT molecular complexity index is 172. The first-order valence-corrected chi connectivity index (χ1v) is 6.67. The topological polar surface area (TPSA) is 38.3 Å². The maximum Gasteiger partial charge on any atom is 0.323 e. The molecule has 1 N–H and O–H groups in total. The van der Waals surface area contributed by atoms with Crippen LogP contribution in [-0.2, 0) is 9.53 Å². The Labute approximate surface area is 97.3 Å². The molecule has 0 aliphatic carbocycles.